The fourth-order valence-electron chi connectivity index (χ4n) is 5.77. The number of hydrogen-bond donors (Lipinski definition) is 2. The van der Waals surface area contributed by atoms with Crippen LogP contribution < -0.4 is 11.1 Å². The maximum absolute atomic E-state index is 12.3. The highest BCUT2D eigenvalue weighted by atomic mass is 35.5. The van der Waals surface area contributed by atoms with Gasteiger partial charge in [0.25, 0.3) is 11.1 Å². The summed E-state index contributed by atoms with van der Waals surface area (Å²) in [4.78, 5) is 22.7. The van der Waals surface area contributed by atoms with Crippen molar-refractivity contribution in [2.45, 2.75) is 65.5 Å². The number of rotatable bonds is 5. The molecule has 4 nitrogen and oxygen atoms in total. The van der Waals surface area contributed by atoms with Crippen LogP contribution in [0.1, 0.15) is 82.5 Å². The van der Waals surface area contributed by atoms with E-state index in [0.717, 1.165) is 5.56 Å². The van der Waals surface area contributed by atoms with Gasteiger partial charge in [-0.2, -0.15) is 0 Å². The molecular formula is C38H43ClN2O2. The summed E-state index contributed by atoms with van der Waals surface area (Å²) in [5.74, 6) is 0.974. The van der Waals surface area contributed by atoms with E-state index < -0.39 is 5.24 Å². The first kappa shape index (κ1) is 32.2. The van der Waals surface area contributed by atoms with Gasteiger partial charge >= 0.3 is 0 Å². The van der Waals surface area contributed by atoms with E-state index in [1.54, 1.807) is 24.3 Å². The summed E-state index contributed by atoms with van der Waals surface area (Å²) >= 11 is 5.16. The van der Waals surface area contributed by atoms with Gasteiger partial charge in [-0.15, -0.1) is 0 Å². The minimum atomic E-state index is -0.407. The number of aryl methyl sites for hydroxylation is 2. The molecule has 2 aliphatic carbocycles. The molecular weight excluding hydrogens is 552 g/mol. The summed E-state index contributed by atoms with van der Waals surface area (Å²) in [7, 11) is 0. The lowest BCUT2D eigenvalue weighted by atomic mass is 10.0. The predicted molar refractivity (Wildman–Crippen MR) is 178 cm³/mol. The van der Waals surface area contributed by atoms with Gasteiger partial charge in [-0.05, 0) is 59.5 Å². The highest BCUT2D eigenvalue weighted by Gasteiger charge is 2.59. The minimum Gasteiger partial charge on any atom is -0.348 e. The number of halogens is 1. The SMILES string of the molecule is Cc1ccc([C@@H]2[C@@H](N)C2(C)C)cc1.Cc1ccc([C@@H]2[C@@H](NC(=O)c3ccccc3)C2(C)C)cc1.O=C(Cl)c1ccccc1. The Bertz CT molecular complexity index is 1510. The molecule has 6 rings (SSSR count). The van der Waals surface area contributed by atoms with Crippen LogP contribution in [-0.4, -0.2) is 23.2 Å². The van der Waals surface area contributed by atoms with Crippen LogP contribution in [0.3, 0.4) is 0 Å². The molecule has 2 fully saturated rings. The maximum Gasteiger partial charge on any atom is 0.252 e. The van der Waals surface area contributed by atoms with Crippen molar-refractivity contribution in [3.8, 4) is 0 Å². The molecule has 3 N–H and O–H groups in total. The third-order valence-corrected chi connectivity index (χ3v) is 9.15. The zero-order valence-electron chi connectivity index (χ0n) is 26.0. The third-order valence-electron chi connectivity index (χ3n) is 8.93. The summed E-state index contributed by atoms with van der Waals surface area (Å²) in [6.07, 6.45) is 0. The molecule has 0 heterocycles. The summed E-state index contributed by atoms with van der Waals surface area (Å²) in [6.45, 7) is 13.1. The Hall–Kier alpha value is -3.73. The van der Waals surface area contributed by atoms with E-state index in [0.29, 0.717) is 28.9 Å². The summed E-state index contributed by atoms with van der Waals surface area (Å²) in [5, 5.41) is 2.78. The van der Waals surface area contributed by atoms with Crippen molar-refractivity contribution in [3.63, 3.8) is 0 Å². The topological polar surface area (TPSA) is 72.2 Å². The van der Waals surface area contributed by atoms with Crippen LogP contribution >= 0.6 is 11.6 Å². The summed E-state index contributed by atoms with van der Waals surface area (Å²) in [6, 6.07) is 36.1. The Labute approximate surface area is 261 Å². The standard InChI is InChI=1S/C19H21NO.C12H17N.C7H5ClO/c1-13-9-11-14(12-10-13)16-17(19(16,2)3)20-18(21)15-7-5-4-6-8-15;1-8-4-6-9(7-5-8)10-11(13)12(10,2)3;8-7(9)6-4-2-1-3-5-6/h4-12,16-17H,1-3H3,(H,20,21);4-7,10-11H,13H2,1-3H3;1-5H/t16-,17-;10-,11-;/m11./s1. The van der Waals surface area contributed by atoms with Gasteiger partial charge in [-0.1, -0.05) is 136 Å². The molecule has 2 saturated carbocycles. The lowest BCUT2D eigenvalue weighted by Gasteiger charge is -2.06. The zero-order chi connectivity index (χ0) is 31.4. The molecule has 43 heavy (non-hydrogen) atoms. The lowest BCUT2D eigenvalue weighted by molar-refractivity contribution is 0.0945. The molecule has 0 radical (unpaired) electrons. The van der Waals surface area contributed by atoms with Crippen molar-refractivity contribution in [1.82, 2.24) is 5.32 Å². The fraction of sp³-hybridized carbons (Fsp3) is 0.316. The van der Waals surface area contributed by atoms with Gasteiger partial charge < -0.3 is 11.1 Å². The number of benzene rings is 4. The quantitative estimate of drug-likeness (QED) is 0.228. The molecule has 0 saturated heterocycles. The first-order valence-electron chi connectivity index (χ1n) is 14.8. The molecule has 0 spiro atoms. The summed E-state index contributed by atoms with van der Waals surface area (Å²) < 4.78 is 0. The minimum absolute atomic E-state index is 0.0169. The van der Waals surface area contributed by atoms with Gasteiger partial charge in [0.05, 0.1) is 0 Å². The zero-order valence-corrected chi connectivity index (χ0v) is 26.7. The average Bonchev–Trinajstić information content (AvgIpc) is 3.74. The van der Waals surface area contributed by atoms with Crippen LogP contribution in [0, 0.1) is 24.7 Å². The van der Waals surface area contributed by atoms with Crippen molar-refractivity contribution in [3.05, 3.63) is 143 Å². The van der Waals surface area contributed by atoms with Gasteiger partial charge in [0.15, 0.2) is 0 Å². The molecule has 5 heteroatoms. The van der Waals surface area contributed by atoms with E-state index in [1.165, 1.54) is 22.3 Å². The highest BCUT2D eigenvalue weighted by Crippen LogP contribution is 2.59. The molecule has 4 atom stereocenters. The molecule has 2 aliphatic rings. The van der Waals surface area contributed by atoms with Crippen molar-refractivity contribution in [2.75, 3.05) is 0 Å². The second kappa shape index (κ2) is 13.3. The molecule has 0 aliphatic heterocycles. The van der Waals surface area contributed by atoms with E-state index in [-0.39, 0.29) is 17.4 Å². The molecule has 0 unspecified atom stereocenters. The van der Waals surface area contributed by atoms with Gasteiger partial charge in [0, 0.05) is 35.0 Å². The number of nitrogens with two attached hydrogens (primary N) is 1. The Morgan fingerprint density at radius 3 is 1.40 bits per heavy atom. The van der Waals surface area contributed by atoms with Crippen molar-refractivity contribution in [2.24, 2.45) is 16.6 Å². The molecule has 0 aromatic heterocycles. The lowest BCUT2D eigenvalue weighted by Crippen LogP contribution is -2.28. The van der Waals surface area contributed by atoms with E-state index in [9.17, 15) is 9.59 Å². The van der Waals surface area contributed by atoms with E-state index in [4.69, 9.17) is 17.3 Å². The van der Waals surface area contributed by atoms with Crippen LogP contribution in [-0.2, 0) is 0 Å². The Morgan fingerprint density at radius 1 is 0.628 bits per heavy atom. The number of nitrogens with one attached hydrogen (secondary N) is 1. The van der Waals surface area contributed by atoms with Gasteiger partial charge in [0.1, 0.15) is 0 Å². The van der Waals surface area contributed by atoms with Crippen LogP contribution in [0.15, 0.2) is 109 Å². The van der Waals surface area contributed by atoms with Crippen molar-refractivity contribution < 1.29 is 9.59 Å². The van der Waals surface area contributed by atoms with E-state index in [2.05, 4.69) is 95.4 Å². The van der Waals surface area contributed by atoms with Crippen molar-refractivity contribution in [1.29, 1.82) is 0 Å². The molecule has 0 bridgehead atoms. The third kappa shape index (κ3) is 7.81. The largest absolute Gasteiger partial charge is 0.348 e. The van der Waals surface area contributed by atoms with Crippen molar-refractivity contribution >= 4 is 22.8 Å². The highest BCUT2D eigenvalue weighted by molar-refractivity contribution is 6.67. The number of carbonyl (C=O) groups is 2. The molecule has 4 aromatic carbocycles. The monoisotopic (exact) mass is 594 g/mol. The molecule has 4 aromatic rings. The molecule has 224 valence electrons. The normalized spacial score (nSPS) is 22.0. The number of hydrogen-bond acceptors (Lipinski definition) is 3. The average molecular weight is 595 g/mol. The van der Waals surface area contributed by atoms with E-state index >= 15 is 0 Å². The smallest absolute Gasteiger partial charge is 0.252 e. The van der Waals surface area contributed by atoms with Gasteiger partial charge in [-0.3, -0.25) is 9.59 Å². The molecule has 1 amide bonds. The van der Waals surface area contributed by atoms with Crippen LogP contribution in [0.2, 0.25) is 0 Å². The van der Waals surface area contributed by atoms with Crippen LogP contribution in [0.4, 0.5) is 0 Å². The Kier molecular flexibility index (Phi) is 9.94. The second-order valence-electron chi connectivity index (χ2n) is 12.9. The maximum atomic E-state index is 12.3. The van der Waals surface area contributed by atoms with Gasteiger partial charge in [0.2, 0.25) is 0 Å². The second-order valence-corrected chi connectivity index (χ2v) is 13.2. The Balaban J connectivity index is 0.000000163. The first-order chi connectivity index (χ1) is 20.3. The first-order valence-corrected chi connectivity index (χ1v) is 15.2. The van der Waals surface area contributed by atoms with Crippen LogP contribution in [0.5, 0.6) is 0 Å². The number of amides is 1. The summed E-state index contributed by atoms with van der Waals surface area (Å²) in [5.41, 5.74) is 13.0. The van der Waals surface area contributed by atoms with Gasteiger partial charge in [-0.25, -0.2) is 0 Å². The van der Waals surface area contributed by atoms with Crippen LogP contribution in [0.25, 0.3) is 0 Å². The fourth-order valence-corrected chi connectivity index (χ4v) is 5.90. The Morgan fingerprint density at radius 2 is 1.02 bits per heavy atom. The number of carbonyl (C=O) groups excluding carboxylic acids is 2. The van der Waals surface area contributed by atoms with E-state index in [1.807, 2.05) is 36.4 Å². The predicted octanol–water partition coefficient (Wildman–Crippen LogP) is 8.43.